The van der Waals surface area contributed by atoms with E-state index >= 15 is 0 Å². The molecule has 0 saturated carbocycles. The molecule has 0 aliphatic rings. The molecule has 0 fully saturated rings. The second kappa shape index (κ2) is 7.17. The van der Waals surface area contributed by atoms with Crippen LogP contribution in [0.25, 0.3) is 0 Å². The maximum atomic E-state index is 10.9. The fraction of sp³-hybridized carbons (Fsp3) is 0.533. The summed E-state index contributed by atoms with van der Waals surface area (Å²) >= 11 is 0. The van der Waals surface area contributed by atoms with E-state index in [2.05, 4.69) is 32.9 Å². The molecule has 3 heteroatoms. The summed E-state index contributed by atoms with van der Waals surface area (Å²) in [6.07, 6.45) is 0.967. The number of rotatable bonds is 7. The number of hydrogen-bond acceptors (Lipinski definition) is 2. The van der Waals surface area contributed by atoms with Crippen molar-refractivity contribution in [1.82, 2.24) is 4.90 Å². The van der Waals surface area contributed by atoms with E-state index in [9.17, 15) is 4.79 Å². The van der Waals surface area contributed by atoms with Crippen molar-refractivity contribution in [2.75, 3.05) is 13.1 Å². The highest BCUT2D eigenvalue weighted by Gasteiger charge is 2.18. The minimum absolute atomic E-state index is 0.117. The topological polar surface area (TPSA) is 40.5 Å². The predicted octanol–water partition coefficient (Wildman–Crippen LogP) is 2.98. The summed E-state index contributed by atoms with van der Waals surface area (Å²) in [6, 6.07) is 10.5. The van der Waals surface area contributed by atoms with Crippen molar-refractivity contribution in [2.45, 2.75) is 39.2 Å². The Morgan fingerprint density at radius 3 is 2.39 bits per heavy atom. The van der Waals surface area contributed by atoms with Crippen molar-refractivity contribution >= 4 is 5.97 Å². The monoisotopic (exact) mass is 249 g/mol. The van der Waals surface area contributed by atoms with Gasteiger partial charge < -0.3 is 5.11 Å². The molecule has 3 nitrogen and oxygen atoms in total. The van der Waals surface area contributed by atoms with Crippen LogP contribution in [0.3, 0.4) is 0 Å². The maximum absolute atomic E-state index is 10.9. The summed E-state index contributed by atoms with van der Waals surface area (Å²) in [4.78, 5) is 12.9. The Bertz CT molecular complexity index is 364. The third kappa shape index (κ3) is 4.49. The standard InChI is InChI=1S/C15H23NO2/c1-4-13(3)16(11-15(17)18)10-12(2)14-8-6-5-7-9-14/h5-9,12-13H,4,10-11H2,1-3H3,(H,17,18). The van der Waals surface area contributed by atoms with Gasteiger partial charge in [0.15, 0.2) is 0 Å². The zero-order valence-electron chi connectivity index (χ0n) is 11.5. The molecule has 0 bridgehead atoms. The summed E-state index contributed by atoms with van der Waals surface area (Å²) in [5.74, 6) is -0.407. The van der Waals surface area contributed by atoms with Crippen molar-refractivity contribution in [2.24, 2.45) is 0 Å². The van der Waals surface area contributed by atoms with Crippen molar-refractivity contribution in [1.29, 1.82) is 0 Å². The molecule has 0 amide bonds. The van der Waals surface area contributed by atoms with Gasteiger partial charge in [-0.25, -0.2) is 0 Å². The minimum atomic E-state index is -0.754. The van der Waals surface area contributed by atoms with E-state index in [4.69, 9.17) is 5.11 Å². The van der Waals surface area contributed by atoms with E-state index in [0.717, 1.165) is 13.0 Å². The Hall–Kier alpha value is -1.35. The molecule has 2 atom stereocenters. The first-order chi connectivity index (χ1) is 8.54. The molecule has 1 aromatic carbocycles. The normalized spacial score (nSPS) is 14.4. The van der Waals surface area contributed by atoms with Gasteiger partial charge in [0, 0.05) is 12.6 Å². The highest BCUT2D eigenvalue weighted by atomic mass is 16.4. The molecular formula is C15H23NO2. The van der Waals surface area contributed by atoms with Gasteiger partial charge >= 0.3 is 5.97 Å². The van der Waals surface area contributed by atoms with Crippen LogP contribution in [0.5, 0.6) is 0 Å². The molecule has 18 heavy (non-hydrogen) atoms. The quantitative estimate of drug-likeness (QED) is 0.807. The zero-order valence-corrected chi connectivity index (χ0v) is 11.5. The van der Waals surface area contributed by atoms with Crippen LogP contribution in [0.15, 0.2) is 30.3 Å². The molecule has 0 saturated heterocycles. The van der Waals surface area contributed by atoms with E-state index in [1.165, 1.54) is 5.56 Å². The van der Waals surface area contributed by atoms with Crippen LogP contribution < -0.4 is 0 Å². The van der Waals surface area contributed by atoms with Gasteiger partial charge in [-0.05, 0) is 24.8 Å². The smallest absolute Gasteiger partial charge is 0.317 e. The molecule has 1 aromatic rings. The van der Waals surface area contributed by atoms with Crippen LogP contribution >= 0.6 is 0 Å². The Balaban J connectivity index is 2.68. The fourth-order valence-electron chi connectivity index (χ4n) is 2.07. The summed E-state index contributed by atoms with van der Waals surface area (Å²) in [5, 5.41) is 8.97. The Labute approximate surface area is 109 Å². The lowest BCUT2D eigenvalue weighted by Gasteiger charge is -2.29. The average molecular weight is 249 g/mol. The number of aliphatic carboxylic acids is 1. The van der Waals surface area contributed by atoms with Gasteiger partial charge in [0.1, 0.15) is 0 Å². The predicted molar refractivity (Wildman–Crippen MR) is 73.8 cm³/mol. The SMILES string of the molecule is CCC(C)N(CC(=O)O)CC(C)c1ccccc1. The molecule has 2 unspecified atom stereocenters. The van der Waals surface area contributed by atoms with Crippen LogP contribution in [-0.4, -0.2) is 35.1 Å². The molecule has 0 radical (unpaired) electrons. The molecule has 0 spiro atoms. The Kier molecular flexibility index (Phi) is 5.86. The van der Waals surface area contributed by atoms with E-state index in [-0.39, 0.29) is 6.54 Å². The molecule has 0 aliphatic heterocycles. The van der Waals surface area contributed by atoms with E-state index in [0.29, 0.717) is 12.0 Å². The minimum Gasteiger partial charge on any atom is -0.480 e. The van der Waals surface area contributed by atoms with Gasteiger partial charge in [-0.15, -0.1) is 0 Å². The molecular weight excluding hydrogens is 226 g/mol. The molecule has 1 N–H and O–H groups in total. The number of hydrogen-bond donors (Lipinski definition) is 1. The van der Waals surface area contributed by atoms with Crippen molar-refractivity contribution < 1.29 is 9.90 Å². The summed E-state index contributed by atoms with van der Waals surface area (Å²) in [7, 11) is 0. The third-order valence-corrected chi connectivity index (χ3v) is 3.43. The Morgan fingerprint density at radius 1 is 1.28 bits per heavy atom. The Morgan fingerprint density at radius 2 is 1.89 bits per heavy atom. The number of carboxylic acids is 1. The van der Waals surface area contributed by atoms with Crippen molar-refractivity contribution in [3.8, 4) is 0 Å². The summed E-state index contributed by atoms with van der Waals surface area (Å²) in [5.41, 5.74) is 1.26. The van der Waals surface area contributed by atoms with Crippen LogP contribution in [0.2, 0.25) is 0 Å². The van der Waals surface area contributed by atoms with Crippen LogP contribution in [0.1, 0.15) is 38.7 Å². The first-order valence-corrected chi connectivity index (χ1v) is 6.55. The van der Waals surface area contributed by atoms with Gasteiger partial charge in [-0.1, -0.05) is 44.2 Å². The second-order valence-electron chi connectivity index (χ2n) is 4.89. The molecule has 0 heterocycles. The van der Waals surface area contributed by atoms with Gasteiger partial charge in [-0.2, -0.15) is 0 Å². The van der Waals surface area contributed by atoms with Gasteiger partial charge in [0.2, 0.25) is 0 Å². The van der Waals surface area contributed by atoms with Gasteiger partial charge in [-0.3, -0.25) is 9.69 Å². The number of benzene rings is 1. The lowest BCUT2D eigenvalue weighted by Crippen LogP contribution is -2.39. The molecule has 0 aliphatic carbocycles. The largest absolute Gasteiger partial charge is 0.480 e. The average Bonchev–Trinajstić information content (AvgIpc) is 2.37. The number of carbonyl (C=O) groups is 1. The highest BCUT2D eigenvalue weighted by molar-refractivity contribution is 5.69. The van der Waals surface area contributed by atoms with E-state index in [1.54, 1.807) is 0 Å². The maximum Gasteiger partial charge on any atom is 0.317 e. The molecule has 100 valence electrons. The van der Waals surface area contributed by atoms with Gasteiger partial charge in [0.05, 0.1) is 6.54 Å². The van der Waals surface area contributed by atoms with E-state index < -0.39 is 5.97 Å². The molecule has 0 aromatic heterocycles. The first-order valence-electron chi connectivity index (χ1n) is 6.55. The fourth-order valence-corrected chi connectivity index (χ4v) is 2.07. The highest BCUT2D eigenvalue weighted by Crippen LogP contribution is 2.18. The number of nitrogens with zero attached hydrogens (tertiary/aromatic N) is 1. The first kappa shape index (κ1) is 14.7. The van der Waals surface area contributed by atoms with Crippen LogP contribution in [-0.2, 0) is 4.79 Å². The van der Waals surface area contributed by atoms with E-state index in [1.807, 2.05) is 23.1 Å². The summed E-state index contributed by atoms with van der Waals surface area (Å²) < 4.78 is 0. The zero-order chi connectivity index (χ0) is 13.5. The third-order valence-electron chi connectivity index (χ3n) is 3.43. The van der Waals surface area contributed by atoms with Crippen LogP contribution in [0.4, 0.5) is 0 Å². The van der Waals surface area contributed by atoms with Crippen molar-refractivity contribution in [3.05, 3.63) is 35.9 Å². The summed E-state index contributed by atoms with van der Waals surface area (Å²) in [6.45, 7) is 7.22. The lowest BCUT2D eigenvalue weighted by atomic mass is 10.00. The van der Waals surface area contributed by atoms with Crippen LogP contribution in [0, 0.1) is 0 Å². The molecule has 1 rings (SSSR count). The number of carboxylic acid groups (broad SMARTS) is 1. The lowest BCUT2D eigenvalue weighted by molar-refractivity contribution is -0.138. The van der Waals surface area contributed by atoms with Gasteiger partial charge in [0.25, 0.3) is 0 Å². The second-order valence-corrected chi connectivity index (χ2v) is 4.89. The van der Waals surface area contributed by atoms with Crippen molar-refractivity contribution in [3.63, 3.8) is 0 Å².